The summed E-state index contributed by atoms with van der Waals surface area (Å²) in [5, 5.41) is 8.97. The predicted octanol–water partition coefficient (Wildman–Crippen LogP) is 4.16. The van der Waals surface area contributed by atoms with E-state index in [-0.39, 0.29) is 11.9 Å². The lowest BCUT2D eigenvalue weighted by Crippen LogP contribution is -2.25. The monoisotopic (exact) mass is 440 g/mol. The van der Waals surface area contributed by atoms with Crippen LogP contribution in [0.5, 0.6) is 0 Å². The van der Waals surface area contributed by atoms with Crippen LogP contribution in [0.15, 0.2) is 67.5 Å². The minimum atomic E-state index is -0.282. The van der Waals surface area contributed by atoms with Crippen LogP contribution in [0.2, 0.25) is 0 Å². The minimum absolute atomic E-state index is 0.141. The van der Waals surface area contributed by atoms with Crippen molar-refractivity contribution in [1.82, 2.24) is 34.3 Å². The number of hydrogen-bond acceptors (Lipinski definition) is 6. The Kier molecular flexibility index (Phi) is 4.60. The maximum atomic E-state index is 14.4. The molecule has 33 heavy (non-hydrogen) atoms. The van der Waals surface area contributed by atoms with E-state index in [0.717, 1.165) is 47.7 Å². The van der Waals surface area contributed by atoms with Gasteiger partial charge in [0.2, 0.25) is 0 Å². The van der Waals surface area contributed by atoms with E-state index in [4.69, 9.17) is 4.98 Å². The third-order valence-electron chi connectivity index (χ3n) is 6.06. The van der Waals surface area contributed by atoms with Gasteiger partial charge in [-0.1, -0.05) is 6.07 Å². The van der Waals surface area contributed by atoms with Gasteiger partial charge in [-0.15, -0.1) is 0 Å². The number of anilines is 1. The van der Waals surface area contributed by atoms with Gasteiger partial charge < -0.3 is 4.90 Å². The van der Waals surface area contributed by atoms with E-state index in [9.17, 15) is 4.39 Å². The lowest BCUT2D eigenvalue weighted by atomic mass is 10.1. The number of hydrogen-bond donors (Lipinski definition) is 0. The highest BCUT2D eigenvalue weighted by Crippen LogP contribution is 2.35. The number of nitrogens with zero attached hydrogens (tertiary/aromatic N) is 8. The molecule has 0 amide bonds. The molecule has 1 saturated heterocycles. The molecule has 0 spiro atoms. The van der Waals surface area contributed by atoms with Crippen molar-refractivity contribution in [2.75, 3.05) is 11.4 Å². The average molecular weight is 440 g/mol. The van der Waals surface area contributed by atoms with Crippen LogP contribution < -0.4 is 4.90 Å². The molecule has 0 radical (unpaired) electrons. The molecular formula is C24H21FN8. The van der Waals surface area contributed by atoms with Crippen LogP contribution in [-0.4, -0.2) is 40.9 Å². The van der Waals surface area contributed by atoms with Crippen molar-refractivity contribution in [2.45, 2.75) is 25.8 Å². The van der Waals surface area contributed by atoms with E-state index in [2.05, 4.69) is 25.1 Å². The second-order valence-electron chi connectivity index (χ2n) is 8.17. The van der Waals surface area contributed by atoms with Crippen molar-refractivity contribution in [2.24, 2.45) is 0 Å². The quantitative estimate of drug-likeness (QED) is 0.418. The van der Waals surface area contributed by atoms with E-state index in [1.54, 1.807) is 33.9 Å². The summed E-state index contributed by atoms with van der Waals surface area (Å²) in [4.78, 5) is 15.7. The van der Waals surface area contributed by atoms with E-state index in [0.29, 0.717) is 11.3 Å². The van der Waals surface area contributed by atoms with Crippen LogP contribution in [0.3, 0.4) is 0 Å². The van der Waals surface area contributed by atoms with Crippen LogP contribution >= 0.6 is 0 Å². The molecule has 0 aromatic carbocycles. The van der Waals surface area contributed by atoms with E-state index in [1.807, 2.05) is 43.7 Å². The van der Waals surface area contributed by atoms with Gasteiger partial charge in [-0.3, -0.25) is 9.97 Å². The first-order valence-corrected chi connectivity index (χ1v) is 10.9. The summed E-state index contributed by atoms with van der Waals surface area (Å²) in [5.41, 5.74) is 4.84. The van der Waals surface area contributed by atoms with Crippen LogP contribution in [0.4, 0.5) is 10.2 Å². The standard InChI is InChI=1S/C24H21FN8/c1-16-6-7-17(12-27-16)18-13-28-33(15-18)21-14-29-32-11-8-22(30-24(21)32)31-10-3-5-20(31)23-19(25)4-2-9-26-23/h2,4,6-9,11-15,20H,3,5,10H2,1H3. The van der Waals surface area contributed by atoms with Crippen LogP contribution in [0.1, 0.15) is 30.3 Å². The number of aromatic nitrogens is 7. The summed E-state index contributed by atoms with van der Waals surface area (Å²) in [5.74, 6) is 0.488. The summed E-state index contributed by atoms with van der Waals surface area (Å²) in [6.45, 7) is 2.75. The molecule has 0 aliphatic carbocycles. The molecule has 5 aromatic rings. The fourth-order valence-corrected chi connectivity index (χ4v) is 4.38. The van der Waals surface area contributed by atoms with Gasteiger partial charge in [0.25, 0.3) is 0 Å². The molecule has 8 nitrogen and oxygen atoms in total. The Morgan fingerprint density at radius 1 is 1.00 bits per heavy atom. The summed E-state index contributed by atoms with van der Waals surface area (Å²) >= 11 is 0. The summed E-state index contributed by atoms with van der Waals surface area (Å²) in [7, 11) is 0. The first kappa shape index (κ1) is 19.5. The first-order chi connectivity index (χ1) is 16.2. The average Bonchev–Trinajstić information content (AvgIpc) is 3.58. The molecule has 1 aliphatic heterocycles. The number of pyridine rings is 2. The zero-order valence-corrected chi connectivity index (χ0v) is 18.0. The Morgan fingerprint density at radius 2 is 1.94 bits per heavy atom. The van der Waals surface area contributed by atoms with Gasteiger partial charge in [0, 0.05) is 48.2 Å². The molecule has 6 rings (SSSR count). The van der Waals surface area contributed by atoms with Crippen molar-refractivity contribution in [3.63, 3.8) is 0 Å². The molecule has 0 N–H and O–H groups in total. The van der Waals surface area contributed by atoms with Gasteiger partial charge in [0.05, 0.1) is 24.1 Å². The first-order valence-electron chi connectivity index (χ1n) is 10.9. The Labute approximate surface area is 189 Å². The topological polar surface area (TPSA) is 77.0 Å². The maximum absolute atomic E-state index is 14.4. The van der Waals surface area contributed by atoms with Gasteiger partial charge in [0.15, 0.2) is 5.65 Å². The molecular weight excluding hydrogens is 419 g/mol. The largest absolute Gasteiger partial charge is 0.348 e. The Bertz CT molecular complexity index is 1440. The van der Waals surface area contributed by atoms with Crippen LogP contribution in [0, 0.1) is 12.7 Å². The lowest BCUT2D eigenvalue weighted by molar-refractivity contribution is 0.562. The van der Waals surface area contributed by atoms with Gasteiger partial charge in [-0.05, 0) is 44.0 Å². The number of aryl methyl sites for hydroxylation is 1. The molecule has 1 fully saturated rings. The van der Waals surface area contributed by atoms with Gasteiger partial charge in [0.1, 0.15) is 17.3 Å². The van der Waals surface area contributed by atoms with E-state index in [1.165, 1.54) is 6.07 Å². The molecule has 0 bridgehead atoms. The Morgan fingerprint density at radius 3 is 2.79 bits per heavy atom. The number of rotatable bonds is 4. The van der Waals surface area contributed by atoms with Crippen molar-refractivity contribution in [1.29, 1.82) is 0 Å². The summed E-state index contributed by atoms with van der Waals surface area (Å²) in [6, 6.07) is 8.86. The summed E-state index contributed by atoms with van der Waals surface area (Å²) < 4.78 is 17.9. The molecule has 6 heterocycles. The fourth-order valence-electron chi connectivity index (χ4n) is 4.38. The second-order valence-corrected chi connectivity index (χ2v) is 8.17. The molecule has 0 saturated carbocycles. The molecule has 1 atom stereocenters. The SMILES string of the molecule is Cc1ccc(-c2cnn(-c3cnn4ccc(N5CCCC5c5ncccc5F)nc34)c2)cn1. The molecule has 1 aliphatic rings. The number of fused-ring (bicyclic) bond motifs is 1. The highest BCUT2D eigenvalue weighted by molar-refractivity contribution is 5.65. The Balaban J connectivity index is 1.37. The van der Waals surface area contributed by atoms with Gasteiger partial charge >= 0.3 is 0 Å². The fraction of sp³-hybridized carbons (Fsp3) is 0.208. The maximum Gasteiger partial charge on any atom is 0.183 e. The van der Waals surface area contributed by atoms with Crippen LogP contribution in [0.25, 0.3) is 22.5 Å². The van der Waals surface area contributed by atoms with Crippen molar-refractivity contribution in [3.05, 3.63) is 84.7 Å². The van der Waals surface area contributed by atoms with Crippen molar-refractivity contribution in [3.8, 4) is 16.8 Å². The van der Waals surface area contributed by atoms with Gasteiger partial charge in [-0.25, -0.2) is 18.6 Å². The highest BCUT2D eigenvalue weighted by atomic mass is 19.1. The van der Waals surface area contributed by atoms with Gasteiger partial charge in [-0.2, -0.15) is 10.2 Å². The normalized spacial score (nSPS) is 16.1. The number of halogens is 1. The third-order valence-corrected chi connectivity index (χ3v) is 6.06. The zero-order chi connectivity index (χ0) is 22.4. The molecule has 9 heteroatoms. The molecule has 164 valence electrons. The van der Waals surface area contributed by atoms with Crippen molar-refractivity contribution < 1.29 is 4.39 Å². The van der Waals surface area contributed by atoms with E-state index >= 15 is 0 Å². The smallest absolute Gasteiger partial charge is 0.183 e. The lowest BCUT2D eigenvalue weighted by Gasteiger charge is -2.25. The van der Waals surface area contributed by atoms with Crippen molar-refractivity contribution >= 4 is 11.5 Å². The summed E-state index contributed by atoms with van der Waals surface area (Å²) in [6.07, 6.45) is 12.6. The molecule has 1 unspecified atom stereocenters. The third kappa shape index (κ3) is 3.42. The Hall–Kier alpha value is -4.14. The molecule has 5 aromatic heterocycles. The predicted molar refractivity (Wildman–Crippen MR) is 122 cm³/mol. The zero-order valence-electron chi connectivity index (χ0n) is 18.0. The van der Waals surface area contributed by atoms with E-state index < -0.39 is 0 Å². The highest BCUT2D eigenvalue weighted by Gasteiger charge is 2.30. The minimum Gasteiger partial charge on any atom is -0.348 e. The van der Waals surface area contributed by atoms with Crippen LogP contribution in [-0.2, 0) is 0 Å². The second kappa shape index (κ2) is 7.77.